The van der Waals surface area contributed by atoms with Crippen LogP contribution in [0.15, 0.2) is 16.6 Å². The van der Waals surface area contributed by atoms with E-state index in [0.29, 0.717) is 11.5 Å². The van der Waals surface area contributed by atoms with Gasteiger partial charge in [-0.25, -0.2) is 0 Å². The van der Waals surface area contributed by atoms with E-state index in [0.717, 1.165) is 10.0 Å². The summed E-state index contributed by atoms with van der Waals surface area (Å²) in [7, 11) is 3.14. The van der Waals surface area contributed by atoms with Crippen LogP contribution >= 0.6 is 39.1 Å². The van der Waals surface area contributed by atoms with E-state index in [1.54, 1.807) is 26.4 Å². The Kier molecular flexibility index (Phi) is 4.35. The largest absolute Gasteiger partial charge is 0.495 e. The minimum absolute atomic E-state index is 0.592. The lowest BCUT2D eigenvalue weighted by Crippen LogP contribution is -1.93. The number of hydrogen-bond donors (Lipinski definition) is 0. The van der Waals surface area contributed by atoms with Crippen molar-refractivity contribution in [3.8, 4) is 11.5 Å². The first-order chi connectivity index (χ1) is 6.60. The van der Waals surface area contributed by atoms with Gasteiger partial charge in [0.1, 0.15) is 20.8 Å². The van der Waals surface area contributed by atoms with E-state index < -0.39 is 4.84 Å². The van der Waals surface area contributed by atoms with Crippen molar-refractivity contribution in [3.05, 3.63) is 22.2 Å². The van der Waals surface area contributed by atoms with E-state index in [1.165, 1.54) is 0 Å². The van der Waals surface area contributed by atoms with Gasteiger partial charge in [-0.3, -0.25) is 0 Å². The van der Waals surface area contributed by atoms with Gasteiger partial charge in [0.15, 0.2) is 0 Å². The number of rotatable bonds is 3. The second kappa shape index (κ2) is 5.10. The minimum Gasteiger partial charge on any atom is -0.495 e. The van der Waals surface area contributed by atoms with Crippen LogP contribution in [0.1, 0.15) is 10.4 Å². The molecule has 1 aromatic carbocycles. The first kappa shape index (κ1) is 12.0. The smallest absolute Gasteiger partial charge is 0.137 e. The van der Waals surface area contributed by atoms with E-state index >= 15 is 0 Å². The van der Waals surface area contributed by atoms with Crippen molar-refractivity contribution in [2.24, 2.45) is 0 Å². The van der Waals surface area contributed by atoms with Crippen LogP contribution in [-0.4, -0.2) is 14.2 Å². The zero-order valence-electron chi connectivity index (χ0n) is 7.68. The monoisotopic (exact) mass is 298 g/mol. The fourth-order valence-electron chi connectivity index (χ4n) is 1.02. The quantitative estimate of drug-likeness (QED) is 0.787. The van der Waals surface area contributed by atoms with Crippen molar-refractivity contribution in [2.75, 3.05) is 14.2 Å². The maximum absolute atomic E-state index is 5.75. The van der Waals surface area contributed by atoms with Gasteiger partial charge >= 0.3 is 0 Å². The second-order valence-corrected chi connectivity index (χ2v) is 4.43. The molecule has 0 atom stereocenters. The first-order valence-corrected chi connectivity index (χ1v) is 5.46. The summed E-state index contributed by atoms with van der Waals surface area (Å²) in [4.78, 5) is -0.592. The van der Waals surface area contributed by atoms with Crippen molar-refractivity contribution >= 4 is 39.1 Å². The molecule has 0 aliphatic rings. The SMILES string of the molecule is COc1cc(C(Cl)Cl)cc(OC)c1Br. The molecule has 5 heteroatoms. The third-order valence-corrected chi connectivity index (χ3v) is 3.01. The number of halogens is 3. The van der Waals surface area contributed by atoms with E-state index in [4.69, 9.17) is 32.7 Å². The molecule has 0 radical (unpaired) electrons. The lowest BCUT2D eigenvalue weighted by Gasteiger charge is -2.11. The fourth-order valence-corrected chi connectivity index (χ4v) is 1.82. The highest BCUT2D eigenvalue weighted by Crippen LogP contribution is 2.39. The number of alkyl halides is 2. The molecule has 0 spiro atoms. The highest BCUT2D eigenvalue weighted by Gasteiger charge is 2.13. The summed E-state index contributed by atoms with van der Waals surface area (Å²) >= 11 is 14.9. The molecule has 0 saturated carbocycles. The molecule has 78 valence electrons. The van der Waals surface area contributed by atoms with E-state index in [1.807, 2.05) is 0 Å². The molecular weight excluding hydrogens is 291 g/mol. The van der Waals surface area contributed by atoms with Crippen LogP contribution < -0.4 is 9.47 Å². The molecule has 1 aromatic rings. The Morgan fingerprint density at radius 2 is 1.57 bits per heavy atom. The molecule has 0 unspecified atom stereocenters. The predicted octanol–water partition coefficient (Wildman–Crippen LogP) is 3.94. The van der Waals surface area contributed by atoms with Gasteiger partial charge in [-0.15, -0.1) is 23.2 Å². The Hall–Kier alpha value is -0.120. The molecule has 0 amide bonds. The van der Waals surface area contributed by atoms with Gasteiger partial charge in [-0.05, 0) is 33.6 Å². The Labute approximate surface area is 101 Å². The second-order valence-electron chi connectivity index (χ2n) is 2.54. The summed E-state index contributed by atoms with van der Waals surface area (Å²) in [6.45, 7) is 0. The van der Waals surface area contributed by atoms with Crippen LogP contribution in [0.2, 0.25) is 0 Å². The molecule has 0 N–H and O–H groups in total. The summed E-state index contributed by atoms with van der Waals surface area (Å²) in [6, 6.07) is 3.52. The first-order valence-electron chi connectivity index (χ1n) is 3.79. The topological polar surface area (TPSA) is 18.5 Å². The van der Waals surface area contributed by atoms with Crippen molar-refractivity contribution in [1.82, 2.24) is 0 Å². The van der Waals surface area contributed by atoms with Crippen molar-refractivity contribution in [1.29, 1.82) is 0 Å². The number of hydrogen-bond acceptors (Lipinski definition) is 2. The summed E-state index contributed by atoms with van der Waals surface area (Å²) in [5.74, 6) is 1.29. The van der Waals surface area contributed by atoms with Gasteiger partial charge < -0.3 is 9.47 Å². The molecule has 1 rings (SSSR count). The zero-order chi connectivity index (χ0) is 10.7. The van der Waals surface area contributed by atoms with Crippen LogP contribution in [0.25, 0.3) is 0 Å². The number of methoxy groups -OCH3 is 2. The average Bonchev–Trinajstić information content (AvgIpc) is 2.17. The maximum Gasteiger partial charge on any atom is 0.137 e. The number of ether oxygens (including phenoxy) is 2. The summed E-state index contributed by atoms with van der Waals surface area (Å²) in [6.07, 6.45) is 0. The van der Waals surface area contributed by atoms with Gasteiger partial charge in [-0.1, -0.05) is 0 Å². The van der Waals surface area contributed by atoms with Crippen LogP contribution in [-0.2, 0) is 0 Å². The normalized spacial score (nSPS) is 10.4. The van der Waals surface area contributed by atoms with Crippen LogP contribution in [0.3, 0.4) is 0 Å². The summed E-state index contributed by atoms with van der Waals surface area (Å²) in [5.41, 5.74) is 0.741. The molecule has 0 saturated heterocycles. The Morgan fingerprint density at radius 3 is 1.86 bits per heavy atom. The molecule has 14 heavy (non-hydrogen) atoms. The maximum atomic E-state index is 5.75. The molecule has 2 nitrogen and oxygen atoms in total. The van der Waals surface area contributed by atoms with E-state index in [9.17, 15) is 0 Å². The Morgan fingerprint density at radius 1 is 1.14 bits per heavy atom. The fraction of sp³-hybridized carbons (Fsp3) is 0.333. The Balaban J connectivity index is 3.25. The van der Waals surface area contributed by atoms with E-state index in [-0.39, 0.29) is 0 Å². The molecule has 0 aliphatic heterocycles. The van der Waals surface area contributed by atoms with Gasteiger partial charge in [0.05, 0.1) is 14.2 Å². The molecule has 0 heterocycles. The minimum atomic E-state index is -0.592. The van der Waals surface area contributed by atoms with Gasteiger partial charge in [0.25, 0.3) is 0 Å². The van der Waals surface area contributed by atoms with Crippen LogP contribution in [0.4, 0.5) is 0 Å². The third-order valence-electron chi connectivity index (χ3n) is 1.72. The highest BCUT2D eigenvalue weighted by atomic mass is 79.9. The van der Waals surface area contributed by atoms with Gasteiger partial charge in [0.2, 0.25) is 0 Å². The zero-order valence-corrected chi connectivity index (χ0v) is 10.8. The molecule has 0 aliphatic carbocycles. The highest BCUT2D eigenvalue weighted by molar-refractivity contribution is 9.10. The standard InChI is InChI=1S/C9H9BrCl2O2/c1-13-6-3-5(9(11)12)4-7(14-2)8(6)10/h3-4,9H,1-2H3. The molecular formula is C9H9BrCl2O2. The van der Waals surface area contributed by atoms with Gasteiger partial charge in [-0.2, -0.15) is 0 Å². The van der Waals surface area contributed by atoms with E-state index in [2.05, 4.69) is 15.9 Å². The summed E-state index contributed by atoms with van der Waals surface area (Å²) in [5, 5.41) is 0. The Bertz CT molecular complexity index is 304. The van der Waals surface area contributed by atoms with Crippen LogP contribution in [0, 0.1) is 0 Å². The van der Waals surface area contributed by atoms with Crippen molar-refractivity contribution < 1.29 is 9.47 Å². The van der Waals surface area contributed by atoms with Gasteiger partial charge in [0, 0.05) is 0 Å². The third kappa shape index (κ3) is 2.47. The van der Waals surface area contributed by atoms with Crippen LogP contribution in [0.5, 0.6) is 11.5 Å². The average molecular weight is 300 g/mol. The number of benzene rings is 1. The molecule has 0 fully saturated rings. The lowest BCUT2D eigenvalue weighted by atomic mass is 10.2. The molecule has 0 aromatic heterocycles. The van der Waals surface area contributed by atoms with Crippen molar-refractivity contribution in [2.45, 2.75) is 4.84 Å². The van der Waals surface area contributed by atoms with Crippen molar-refractivity contribution in [3.63, 3.8) is 0 Å². The lowest BCUT2D eigenvalue weighted by molar-refractivity contribution is 0.389. The predicted molar refractivity (Wildman–Crippen MR) is 61.7 cm³/mol. The molecule has 0 bridgehead atoms. The summed E-state index contributed by atoms with van der Waals surface area (Å²) < 4.78 is 11.0.